The van der Waals surface area contributed by atoms with Crippen LogP contribution in [0.4, 0.5) is 5.69 Å². The molecule has 0 spiro atoms. The monoisotopic (exact) mass is 461 g/mol. The molecule has 1 aromatic carbocycles. The van der Waals surface area contributed by atoms with Gasteiger partial charge in [0.2, 0.25) is 15.9 Å². The normalized spacial score (nSPS) is 17.2. The lowest BCUT2D eigenvalue weighted by Gasteiger charge is -2.31. The molecule has 174 valence electrons. The molecule has 0 radical (unpaired) electrons. The fraction of sp³-hybridized carbons (Fsp3) is 0.478. The van der Waals surface area contributed by atoms with Crippen LogP contribution < -0.4 is 5.32 Å². The predicted octanol–water partition coefficient (Wildman–Crippen LogP) is 3.41. The smallest absolute Gasteiger partial charge is 0.341 e. The topological polar surface area (TPSA) is 109 Å². The molecule has 1 aliphatic rings. The first kappa shape index (κ1) is 24.0. The minimum Gasteiger partial charge on any atom is -0.462 e. The summed E-state index contributed by atoms with van der Waals surface area (Å²) < 4.78 is 33.4. The van der Waals surface area contributed by atoms with Crippen molar-refractivity contribution in [2.75, 3.05) is 25.0 Å². The number of anilines is 1. The highest BCUT2D eigenvalue weighted by molar-refractivity contribution is 7.89. The molecule has 0 saturated carbocycles. The predicted molar refractivity (Wildman–Crippen MR) is 122 cm³/mol. The SMILES string of the molecule is CCOC(=O)c1c(C)[nH]c(C)c1S(=O)(=O)N1CCCC(C(=O)Nc2ccc(CC)cc2)C1. The van der Waals surface area contributed by atoms with Gasteiger partial charge >= 0.3 is 5.97 Å². The fourth-order valence-corrected chi connectivity index (χ4v) is 6.04. The molecule has 0 aliphatic carbocycles. The summed E-state index contributed by atoms with van der Waals surface area (Å²) in [6.45, 7) is 7.51. The van der Waals surface area contributed by atoms with E-state index >= 15 is 0 Å². The number of carbonyl (C=O) groups excluding carboxylic acids is 2. The van der Waals surface area contributed by atoms with Gasteiger partial charge in [0, 0.05) is 30.2 Å². The second-order valence-corrected chi connectivity index (χ2v) is 9.92. The van der Waals surface area contributed by atoms with E-state index in [-0.39, 0.29) is 29.5 Å². The van der Waals surface area contributed by atoms with Crippen LogP contribution in [0.1, 0.15) is 54.0 Å². The molecule has 0 bridgehead atoms. The number of aromatic nitrogens is 1. The molecule has 1 aromatic heterocycles. The van der Waals surface area contributed by atoms with Crippen LogP contribution in [0, 0.1) is 19.8 Å². The molecular weight excluding hydrogens is 430 g/mol. The molecule has 1 saturated heterocycles. The van der Waals surface area contributed by atoms with E-state index < -0.39 is 21.9 Å². The summed E-state index contributed by atoms with van der Waals surface area (Å²) in [5.41, 5.74) is 2.72. The molecule has 2 N–H and O–H groups in total. The van der Waals surface area contributed by atoms with Crippen LogP contribution in [-0.4, -0.2) is 49.3 Å². The van der Waals surface area contributed by atoms with Crippen molar-refractivity contribution in [3.63, 3.8) is 0 Å². The number of carbonyl (C=O) groups is 2. The van der Waals surface area contributed by atoms with Gasteiger partial charge in [-0.25, -0.2) is 13.2 Å². The standard InChI is InChI=1S/C23H31N3O5S/c1-5-17-9-11-19(12-10-17)25-22(27)18-8-7-13-26(14-18)32(29,30)21-16(4)24-15(3)20(21)23(28)31-6-2/h9-12,18,24H,5-8,13-14H2,1-4H3,(H,25,27). The van der Waals surface area contributed by atoms with Crippen molar-refractivity contribution in [1.29, 1.82) is 0 Å². The average Bonchev–Trinajstić information content (AvgIpc) is 3.09. The number of ether oxygens (including phenoxy) is 1. The van der Waals surface area contributed by atoms with Crippen LogP contribution in [0.15, 0.2) is 29.2 Å². The molecule has 1 unspecified atom stereocenters. The van der Waals surface area contributed by atoms with E-state index in [0.717, 1.165) is 6.42 Å². The number of nitrogens with one attached hydrogen (secondary N) is 2. The maximum absolute atomic E-state index is 13.5. The Morgan fingerprint density at radius 3 is 2.47 bits per heavy atom. The first-order valence-corrected chi connectivity index (χ1v) is 12.4. The minimum atomic E-state index is -3.99. The van der Waals surface area contributed by atoms with Crippen molar-refractivity contribution in [1.82, 2.24) is 9.29 Å². The Kier molecular flexibility index (Phi) is 7.40. The minimum absolute atomic E-state index is 0.0342. The number of aryl methyl sites for hydroxylation is 3. The average molecular weight is 462 g/mol. The lowest BCUT2D eigenvalue weighted by molar-refractivity contribution is -0.120. The number of hydrogen-bond donors (Lipinski definition) is 2. The van der Waals surface area contributed by atoms with Crippen molar-refractivity contribution in [2.45, 2.75) is 51.9 Å². The van der Waals surface area contributed by atoms with Gasteiger partial charge in [0.15, 0.2) is 0 Å². The van der Waals surface area contributed by atoms with Crippen molar-refractivity contribution in [3.05, 3.63) is 46.8 Å². The molecule has 3 rings (SSSR count). The molecule has 2 aromatic rings. The molecule has 2 heterocycles. The number of benzene rings is 1. The number of esters is 1. The van der Waals surface area contributed by atoms with Crippen LogP contribution in [0.25, 0.3) is 0 Å². The number of amides is 1. The highest BCUT2D eigenvalue weighted by atomic mass is 32.2. The number of hydrogen-bond acceptors (Lipinski definition) is 5. The van der Waals surface area contributed by atoms with Gasteiger partial charge in [-0.3, -0.25) is 4.79 Å². The third kappa shape index (κ3) is 4.88. The van der Waals surface area contributed by atoms with Crippen LogP contribution in [0.2, 0.25) is 0 Å². The number of nitrogens with zero attached hydrogens (tertiary/aromatic N) is 1. The van der Waals surface area contributed by atoms with Gasteiger partial charge in [-0.05, 0) is 57.7 Å². The summed E-state index contributed by atoms with van der Waals surface area (Å²) in [6.07, 6.45) is 2.07. The Morgan fingerprint density at radius 1 is 1.16 bits per heavy atom. The van der Waals surface area contributed by atoms with Crippen LogP contribution in [0.5, 0.6) is 0 Å². The maximum atomic E-state index is 13.5. The molecule has 1 aliphatic heterocycles. The molecule has 1 fully saturated rings. The zero-order valence-electron chi connectivity index (χ0n) is 19.0. The van der Waals surface area contributed by atoms with Gasteiger partial charge in [0.25, 0.3) is 0 Å². The summed E-state index contributed by atoms with van der Waals surface area (Å²) in [6, 6.07) is 7.62. The zero-order chi connectivity index (χ0) is 23.5. The van der Waals surface area contributed by atoms with Crippen molar-refractivity contribution >= 4 is 27.6 Å². The summed E-state index contributed by atoms with van der Waals surface area (Å²) in [5, 5.41) is 2.90. The summed E-state index contributed by atoms with van der Waals surface area (Å²) >= 11 is 0. The number of rotatable bonds is 7. The molecule has 8 nitrogen and oxygen atoms in total. The molecule has 1 amide bonds. The van der Waals surface area contributed by atoms with Gasteiger partial charge in [0.05, 0.1) is 12.5 Å². The molecular formula is C23H31N3O5S. The number of H-pyrrole nitrogens is 1. The van der Waals surface area contributed by atoms with E-state index in [4.69, 9.17) is 4.74 Å². The number of piperidine rings is 1. The van der Waals surface area contributed by atoms with Crippen LogP contribution >= 0.6 is 0 Å². The third-order valence-corrected chi connectivity index (χ3v) is 7.82. The highest BCUT2D eigenvalue weighted by Gasteiger charge is 2.38. The van der Waals surface area contributed by atoms with Crippen LogP contribution in [0.3, 0.4) is 0 Å². The van der Waals surface area contributed by atoms with Crippen molar-refractivity contribution in [2.24, 2.45) is 5.92 Å². The quantitative estimate of drug-likeness (QED) is 0.614. The lowest BCUT2D eigenvalue weighted by Crippen LogP contribution is -2.44. The van der Waals surface area contributed by atoms with Gasteiger partial charge in [0.1, 0.15) is 10.5 Å². The fourth-order valence-electron chi connectivity index (χ4n) is 4.10. The van der Waals surface area contributed by atoms with Gasteiger partial charge in [-0.2, -0.15) is 4.31 Å². The molecule has 1 atom stereocenters. The lowest BCUT2D eigenvalue weighted by atomic mass is 9.98. The van der Waals surface area contributed by atoms with E-state index in [1.165, 1.54) is 9.87 Å². The Hall–Kier alpha value is -2.65. The van der Waals surface area contributed by atoms with E-state index in [1.54, 1.807) is 20.8 Å². The third-order valence-electron chi connectivity index (χ3n) is 5.78. The maximum Gasteiger partial charge on any atom is 0.341 e. The van der Waals surface area contributed by atoms with Crippen molar-refractivity contribution < 1.29 is 22.7 Å². The Bertz CT molecular complexity index is 1090. The second kappa shape index (κ2) is 9.87. The first-order chi connectivity index (χ1) is 15.2. The van der Waals surface area contributed by atoms with Gasteiger partial charge < -0.3 is 15.0 Å². The van der Waals surface area contributed by atoms with E-state index in [0.29, 0.717) is 36.5 Å². The first-order valence-electron chi connectivity index (χ1n) is 10.9. The van der Waals surface area contributed by atoms with Crippen LogP contribution in [-0.2, 0) is 26.0 Å². The van der Waals surface area contributed by atoms with E-state index in [2.05, 4.69) is 17.2 Å². The second-order valence-electron chi connectivity index (χ2n) is 8.04. The van der Waals surface area contributed by atoms with Gasteiger partial charge in [-0.1, -0.05) is 19.1 Å². The largest absolute Gasteiger partial charge is 0.462 e. The van der Waals surface area contributed by atoms with E-state index in [9.17, 15) is 18.0 Å². The van der Waals surface area contributed by atoms with Crippen molar-refractivity contribution in [3.8, 4) is 0 Å². The number of sulfonamides is 1. The Balaban J connectivity index is 1.81. The van der Waals surface area contributed by atoms with Gasteiger partial charge in [-0.15, -0.1) is 0 Å². The Morgan fingerprint density at radius 2 is 1.84 bits per heavy atom. The van der Waals surface area contributed by atoms with E-state index in [1.807, 2.05) is 24.3 Å². The zero-order valence-corrected chi connectivity index (χ0v) is 19.8. The Labute approximate surface area is 189 Å². The highest BCUT2D eigenvalue weighted by Crippen LogP contribution is 2.31. The number of aromatic amines is 1. The molecule has 9 heteroatoms. The summed E-state index contributed by atoms with van der Waals surface area (Å²) in [5.74, 6) is -1.35. The molecule has 32 heavy (non-hydrogen) atoms. The summed E-state index contributed by atoms with van der Waals surface area (Å²) in [4.78, 5) is 28.2. The summed E-state index contributed by atoms with van der Waals surface area (Å²) in [7, 11) is -3.99.